The predicted octanol–water partition coefficient (Wildman–Crippen LogP) is 2.03. The van der Waals surface area contributed by atoms with Crippen molar-refractivity contribution in [2.24, 2.45) is 0 Å². The third kappa shape index (κ3) is 1.69. The molecule has 1 aliphatic heterocycles. The molecule has 1 aromatic carbocycles. The SMILES string of the molecule is C#Cc1ccc(C2C(C#N)N[C@@H]2CC)cc1. The number of terminal acetylenes is 1. The van der Waals surface area contributed by atoms with E-state index in [0.29, 0.717) is 12.0 Å². The van der Waals surface area contributed by atoms with Crippen LogP contribution in [0.2, 0.25) is 0 Å². The second-order valence-corrected chi connectivity index (χ2v) is 4.08. The first-order chi connectivity index (χ1) is 7.80. The van der Waals surface area contributed by atoms with E-state index in [1.54, 1.807) is 0 Å². The van der Waals surface area contributed by atoms with E-state index in [1.165, 1.54) is 5.56 Å². The van der Waals surface area contributed by atoms with Gasteiger partial charge in [-0.05, 0) is 24.1 Å². The molecule has 1 aliphatic rings. The Morgan fingerprint density at radius 2 is 2.06 bits per heavy atom. The molecule has 2 heteroatoms. The number of hydrogen-bond acceptors (Lipinski definition) is 2. The van der Waals surface area contributed by atoms with Gasteiger partial charge in [0.1, 0.15) is 6.04 Å². The van der Waals surface area contributed by atoms with E-state index in [2.05, 4.69) is 24.2 Å². The fourth-order valence-electron chi connectivity index (χ4n) is 2.27. The molecule has 1 heterocycles. The molecular formula is C14H14N2. The molecule has 80 valence electrons. The molecule has 0 bridgehead atoms. The monoisotopic (exact) mass is 210 g/mol. The average molecular weight is 210 g/mol. The number of nitriles is 1. The molecule has 2 unspecified atom stereocenters. The zero-order valence-corrected chi connectivity index (χ0v) is 9.27. The van der Waals surface area contributed by atoms with Crippen molar-refractivity contribution in [3.05, 3.63) is 35.4 Å². The lowest BCUT2D eigenvalue weighted by Crippen LogP contribution is -2.58. The molecule has 0 radical (unpaired) electrons. The highest BCUT2D eigenvalue weighted by atomic mass is 15.1. The van der Waals surface area contributed by atoms with Crippen molar-refractivity contribution in [3.63, 3.8) is 0 Å². The third-order valence-electron chi connectivity index (χ3n) is 3.23. The van der Waals surface area contributed by atoms with Crippen LogP contribution in [0.4, 0.5) is 0 Å². The average Bonchev–Trinajstić information content (AvgIpc) is 2.30. The Labute approximate surface area is 96.3 Å². The lowest BCUT2D eigenvalue weighted by molar-refractivity contribution is 0.250. The van der Waals surface area contributed by atoms with Crippen LogP contribution >= 0.6 is 0 Å². The van der Waals surface area contributed by atoms with Gasteiger partial charge in [-0.3, -0.25) is 5.32 Å². The van der Waals surface area contributed by atoms with Crippen molar-refractivity contribution >= 4 is 0 Å². The summed E-state index contributed by atoms with van der Waals surface area (Å²) in [5.41, 5.74) is 2.09. The quantitative estimate of drug-likeness (QED) is 0.758. The number of rotatable bonds is 2. The van der Waals surface area contributed by atoms with Crippen LogP contribution in [0.1, 0.15) is 30.4 Å². The van der Waals surface area contributed by atoms with E-state index in [0.717, 1.165) is 12.0 Å². The summed E-state index contributed by atoms with van der Waals surface area (Å²) in [5.74, 6) is 2.91. The van der Waals surface area contributed by atoms with Gasteiger partial charge in [0.25, 0.3) is 0 Å². The van der Waals surface area contributed by atoms with E-state index in [1.807, 2.05) is 24.3 Å². The number of benzene rings is 1. The molecular weight excluding hydrogens is 196 g/mol. The van der Waals surface area contributed by atoms with Crippen LogP contribution in [0.15, 0.2) is 24.3 Å². The Hall–Kier alpha value is -1.77. The maximum Gasteiger partial charge on any atom is 0.104 e. The maximum absolute atomic E-state index is 8.99. The molecule has 2 nitrogen and oxygen atoms in total. The minimum absolute atomic E-state index is 0.0540. The van der Waals surface area contributed by atoms with Crippen LogP contribution < -0.4 is 5.32 Å². The highest BCUT2D eigenvalue weighted by Crippen LogP contribution is 2.33. The normalized spacial score (nSPS) is 27.6. The highest BCUT2D eigenvalue weighted by Gasteiger charge is 2.40. The fraction of sp³-hybridized carbons (Fsp3) is 0.357. The molecule has 3 atom stereocenters. The van der Waals surface area contributed by atoms with Crippen LogP contribution in [0.3, 0.4) is 0 Å². The summed E-state index contributed by atoms with van der Waals surface area (Å²) in [4.78, 5) is 0. The summed E-state index contributed by atoms with van der Waals surface area (Å²) in [6.07, 6.45) is 6.36. The van der Waals surface area contributed by atoms with Crippen LogP contribution in [-0.2, 0) is 0 Å². The first-order valence-corrected chi connectivity index (χ1v) is 5.52. The van der Waals surface area contributed by atoms with Crippen molar-refractivity contribution in [2.45, 2.75) is 31.3 Å². The molecule has 1 saturated heterocycles. The summed E-state index contributed by atoms with van der Waals surface area (Å²) in [7, 11) is 0. The van der Waals surface area contributed by atoms with Crippen molar-refractivity contribution < 1.29 is 0 Å². The Kier molecular flexibility index (Phi) is 2.95. The smallest absolute Gasteiger partial charge is 0.104 e. The molecule has 1 fully saturated rings. The third-order valence-corrected chi connectivity index (χ3v) is 3.23. The minimum atomic E-state index is -0.0540. The predicted molar refractivity (Wildman–Crippen MR) is 63.7 cm³/mol. The van der Waals surface area contributed by atoms with Gasteiger partial charge >= 0.3 is 0 Å². The number of nitrogens with one attached hydrogen (secondary N) is 1. The number of hydrogen-bond donors (Lipinski definition) is 1. The van der Waals surface area contributed by atoms with Gasteiger partial charge in [0.05, 0.1) is 6.07 Å². The zero-order chi connectivity index (χ0) is 11.5. The molecule has 2 rings (SSSR count). The Bertz CT molecular complexity index is 447. The second-order valence-electron chi connectivity index (χ2n) is 4.08. The van der Waals surface area contributed by atoms with Crippen molar-refractivity contribution in [1.29, 1.82) is 5.26 Å². The topological polar surface area (TPSA) is 35.8 Å². The lowest BCUT2D eigenvalue weighted by Gasteiger charge is -2.42. The van der Waals surface area contributed by atoms with Crippen LogP contribution in [0, 0.1) is 23.7 Å². The molecule has 16 heavy (non-hydrogen) atoms. The van der Waals surface area contributed by atoms with Crippen LogP contribution in [0.5, 0.6) is 0 Å². The van der Waals surface area contributed by atoms with Crippen molar-refractivity contribution in [1.82, 2.24) is 5.32 Å². The molecule has 1 N–H and O–H groups in total. The Morgan fingerprint density at radius 3 is 2.56 bits per heavy atom. The van der Waals surface area contributed by atoms with Crippen LogP contribution in [0.25, 0.3) is 0 Å². The first-order valence-electron chi connectivity index (χ1n) is 5.52. The minimum Gasteiger partial charge on any atom is -0.298 e. The molecule has 0 aliphatic carbocycles. The second kappa shape index (κ2) is 4.39. The molecule has 0 aromatic heterocycles. The van der Waals surface area contributed by atoms with E-state index in [-0.39, 0.29) is 6.04 Å². The van der Waals surface area contributed by atoms with Gasteiger partial charge in [-0.2, -0.15) is 5.26 Å². The highest BCUT2D eigenvalue weighted by molar-refractivity contribution is 5.38. The molecule has 0 spiro atoms. The molecule has 1 aromatic rings. The maximum atomic E-state index is 8.99. The summed E-state index contributed by atoms with van der Waals surface area (Å²) < 4.78 is 0. The molecule has 0 amide bonds. The van der Waals surface area contributed by atoms with E-state index in [9.17, 15) is 0 Å². The van der Waals surface area contributed by atoms with Crippen LogP contribution in [-0.4, -0.2) is 12.1 Å². The Balaban J connectivity index is 2.22. The van der Waals surface area contributed by atoms with Gasteiger partial charge in [0, 0.05) is 17.5 Å². The lowest BCUT2D eigenvalue weighted by atomic mass is 9.77. The first kappa shape index (κ1) is 10.7. The van der Waals surface area contributed by atoms with Gasteiger partial charge in [-0.1, -0.05) is 25.0 Å². The van der Waals surface area contributed by atoms with E-state index < -0.39 is 0 Å². The van der Waals surface area contributed by atoms with Crippen molar-refractivity contribution in [2.75, 3.05) is 0 Å². The number of nitrogens with zero attached hydrogens (tertiary/aromatic N) is 1. The zero-order valence-electron chi connectivity index (χ0n) is 9.27. The van der Waals surface area contributed by atoms with Gasteiger partial charge in [0.15, 0.2) is 0 Å². The van der Waals surface area contributed by atoms with Gasteiger partial charge in [-0.15, -0.1) is 6.42 Å². The van der Waals surface area contributed by atoms with Gasteiger partial charge < -0.3 is 0 Å². The largest absolute Gasteiger partial charge is 0.298 e. The van der Waals surface area contributed by atoms with Crippen molar-refractivity contribution in [3.8, 4) is 18.4 Å². The Morgan fingerprint density at radius 1 is 1.38 bits per heavy atom. The van der Waals surface area contributed by atoms with E-state index in [4.69, 9.17) is 11.7 Å². The standard InChI is InChI=1S/C14H14N2/c1-3-10-5-7-11(8-6-10)14-12(4-2)16-13(14)9-15/h1,5-8,12-14,16H,4H2,2H3/t12-,13?,14?/m1/s1. The van der Waals surface area contributed by atoms with E-state index >= 15 is 0 Å². The molecule has 0 saturated carbocycles. The summed E-state index contributed by atoms with van der Waals surface area (Å²) >= 11 is 0. The summed E-state index contributed by atoms with van der Waals surface area (Å²) in [5, 5.41) is 12.2. The van der Waals surface area contributed by atoms with Gasteiger partial charge in [0.2, 0.25) is 0 Å². The fourth-order valence-corrected chi connectivity index (χ4v) is 2.27. The van der Waals surface area contributed by atoms with Gasteiger partial charge in [-0.25, -0.2) is 0 Å². The summed E-state index contributed by atoms with van der Waals surface area (Å²) in [6.45, 7) is 2.13. The summed E-state index contributed by atoms with van der Waals surface area (Å²) in [6, 6.07) is 10.6.